The van der Waals surface area contributed by atoms with Crippen LogP contribution in [0, 0.1) is 0 Å². The summed E-state index contributed by atoms with van der Waals surface area (Å²) in [5, 5.41) is 13.3. The molecule has 1 aliphatic rings. The minimum atomic E-state index is -0.321. The third-order valence-corrected chi connectivity index (χ3v) is 8.27. The summed E-state index contributed by atoms with van der Waals surface area (Å²) in [4.78, 5) is 34.2. The van der Waals surface area contributed by atoms with Gasteiger partial charge in [-0.05, 0) is 50.3 Å². The Hall–Kier alpha value is -3.21. The highest BCUT2D eigenvalue weighted by Gasteiger charge is 2.28. The number of hydrogen-bond donors (Lipinski definition) is 2. The van der Waals surface area contributed by atoms with Crippen LogP contribution < -0.4 is 16.0 Å². The largest absolute Gasteiger partial charge is 0.330 e. The molecule has 4 aromatic rings. The number of carbonyl (C=O) groups is 2. The molecule has 0 atom stereocenters. The van der Waals surface area contributed by atoms with Gasteiger partial charge in [0.15, 0.2) is 0 Å². The third kappa shape index (κ3) is 5.02. The average Bonchev–Trinajstić information content (AvgIpc) is 3.41. The van der Waals surface area contributed by atoms with Crippen molar-refractivity contribution in [2.45, 2.75) is 45.4 Å². The van der Waals surface area contributed by atoms with Crippen molar-refractivity contribution in [3.63, 3.8) is 0 Å². The molecule has 3 N–H and O–H groups in total. The molecule has 0 saturated carbocycles. The number of aryl methyl sites for hydroxylation is 2. The van der Waals surface area contributed by atoms with Crippen LogP contribution in [0.1, 0.15) is 53.5 Å². The molecular formula is C26H28N6O2S2. The minimum absolute atomic E-state index is 0.130. The number of nitrogens with two attached hydrogens (primary N) is 1. The summed E-state index contributed by atoms with van der Waals surface area (Å²) in [7, 11) is 0. The van der Waals surface area contributed by atoms with Gasteiger partial charge in [-0.25, -0.2) is 4.98 Å². The Morgan fingerprint density at radius 3 is 2.67 bits per heavy atom. The number of nitrogens with zero attached hydrogens (tertiary/aromatic N) is 4. The van der Waals surface area contributed by atoms with Crippen LogP contribution in [0.4, 0.5) is 10.8 Å². The Kier molecular flexibility index (Phi) is 7.35. The number of pyridine rings is 1. The number of nitrogens with one attached hydrogen (secondary N) is 1. The van der Waals surface area contributed by atoms with Crippen LogP contribution in [-0.4, -0.2) is 40.1 Å². The van der Waals surface area contributed by atoms with E-state index in [2.05, 4.69) is 21.6 Å². The van der Waals surface area contributed by atoms with E-state index in [9.17, 15) is 9.59 Å². The summed E-state index contributed by atoms with van der Waals surface area (Å²) >= 11 is 2.63. The van der Waals surface area contributed by atoms with Crippen LogP contribution >= 0.6 is 22.7 Å². The van der Waals surface area contributed by atoms with Crippen molar-refractivity contribution in [3.8, 4) is 10.6 Å². The first-order chi connectivity index (χ1) is 17.5. The van der Waals surface area contributed by atoms with Gasteiger partial charge in [-0.2, -0.15) is 0 Å². The Morgan fingerprint density at radius 1 is 1.08 bits per heavy atom. The quantitative estimate of drug-likeness (QED) is 0.330. The zero-order chi connectivity index (χ0) is 25.1. The van der Waals surface area contributed by atoms with Gasteiger partial charge < -0.3 is 10.6 Å². The van der Waals surface area contributed by atoms with Gasteiger partial charge in [-0.1, -0.05) is 48.1 Å². The Balaban J connectivity index is 1.55. The summed E-state index contributed by atoms with van der Waals surface area (Å²) in [6.45, 7) is 2.41. The second kappa shape index (κ2) is 10.8. The smallest absolute Gasteiger partial charge is 0.269 e. The molecule has 3 aromatic heterocycles. The van der Waals surface area contributed by atoms with Crippen LogP contribution in [0.5, 0.6) is 0 Å². The highest BCUT2D eigenvalue weighted by atomic mass is 32.1. The standard InChI is InChI=1S/C26H28N6O2S2/c1-16(33)32(14-8-13-27)21-19-15-18-11-6-3-7-12-20(18)28-25(19)35-22(21)23(34)29-26-31-30-24(36-26)17-9-4-2-5-10-17/h2,4-5,9-10,15H,3,6-8,11-14,27H2,1H3,(H,29,31,34). The van der Waals surface area contributed by atoms with Crippen molar-refractivity contribution in [1.29, 1.82) is 0 Å². The molecular weight excluding hydrogens is 492 g/mol. The third-order valence-electron chi connectivity index (χ3n) is 6.29. The fourth-order valence-electron chi connectivity index (χ4n) is 4.53. The second-order valence-electron chi connectivity index (χ2n) is 8.83. The lowest BCUT2D eigenvalue weighted by Gasteiger charge is -2.22. The van der Waals surface area contributed by atoms with Crippen molar-refractivity contribution in [2.75, 3.05) is 23.3 Å². The summed E-state index contributed by atoms with van der Waals surface area (Å²) in [5.41, 5.74) is 9.63. The van der Waals surface area contributed by atoms with Crippen molar-refractivity contribution in [3.05, 3.63) is 52.5 Å². The molecule has 0 saturated heterocycles. The lowest BCUT2D eigenvalue weighted by atomic mass is 10.1. The fraction of sp³-hybridized carbons (Fsp3) is 0.346. The van der Waals surface area contributed by atoms with Gasteiger partial charge in [0.1, 0.15) is 14.7 Å². The molecule has 1 aliphatic carbocycles. The fourth-order valence-corrected chi connectivity index (χ4v) is 6.35. The van der Waals surface area contributed by atoms with Gasteiger partial charge in [0.05, 0.1) is 5.69 Å². The van der Waals surface area contributed by atoms with Crippen LogP contribution in [-0.2, 0) is 17.6 Å². The molecule has 36 heavy (non-hydrogen) atoms. The average molecular weight is 521 g/mol. The van der Waals surface area contributed by atoms with E-state index >= 15 is 0 Å². The highest BCUT2D eigenvalue weighted by Crippen LogP contribution is 2.40. The maximum atomic E-state index is 13.6. The molecule has 0 spiro atoms. The van der Waals surface area contributed by atoms with Gasteiger partial charge in [0.2, 0.25) is 11.0 Å². The minimum Gasteiger partial charge on any atom is -0.330 e. The van der Waals surface area contributed by atoms with E-state index in [0.717, 1.165) is 52.2 Å². The molecule has 3 heterocycles. The second-order valence-corrected chi connectivity index (χ2v) is 10.8. The van der Waals surface area contributed by atoms with E-state index in [1.54, 1.807) is 4.90 Å². The van der Waals surface area contributed by atoms with Crippen molar-refractivity contribution >= 4 is 55.5 Å². The maximum absolute atomic E-state index is 13.6. The normalized spacial score (nSPS) is 13.3. The molecule has 1 aromatic carbocycles. The van der Waals surface area contributed by atoms with E-state index in [0.29, 0.717) is 35.2 Å². The van der Waals surface area contributed by atoms with Gasteiger partial charge in [-0.15, -0.1) is 21.5 Å². The number of hydrogen-bond acceptors (Lipinski definition) is 8. The van der Waals surface area contributed by atoms with Crippen molar-refractivity contribution < 1.29 is 9.59 Å². The molecule has 0 aliphatic heterocycles. The lowest BCUT2D eigenvalue weighted by Crippen LogP contribution is -2.32. The molecule has 0 radical (unpaired) electrons. The first kappa shape index (κ1) is 24.5. The van der Waals surface area contributed by atoms with E-state index in [1.165, 1.54) is 41.6 Å². The Morgan fingerprint density at radius 2 is 1.89 bits per heavy atom. The van der Waals surface area contributed by atoms with Crippen molar-refractivity contribution in [2.24, 2.45) is 5.73 Å². The zero-order valence-corrected chi connectivity index (χ0v) is 21.8. The monoisotopic (exact) mass is 520 g/mol. The number of rotatable bonds is 7. The highest BCUT2D eigenvalue weighted by molar-refractivity contribution is 7.21. The van der Waals surface area contributed by atoms with Gasteiger partial charge in [-0.3, -0.25) is 14.9 Å². The first-order valence-electron chi connectivity index (χ1n) is 12.2. The van der Waals surface area contributed by atoms with E-state index in [1.807, 2.05) is 30.3 Å². The lowest BCUT2D eigenvalue weighted by molar-refractivity contribution is -0.116. The Bertz CT molecular complexity index is 1400. The number of anilines is 2. The van der Waals surface area contributed by atoms with Crippen LogP contribution in [0.3, 0.4) is 0 Å². The predicted molar refractivity (Wildman–Crippen MR) is 146 cm³/mol. The molecule has 0 fully saturated rings. The number of thiophene rings is 1. The first-order valence-corrected chi connectivity index (χ1v) is 13.8. The molecule has 2 amide bonds. The van der Waals surface area contributed by atoms with Crippen LogP contribution in [0.2, 0.25) is 0 Å². The molecule has 0 bridgehead atoms. The summed E-state index contributed by atoms with van der Waals surface area (Å²) < 4.78 is 0. The summed E-state index contributed by atoms with van der Waals surface area (Å²) in [5.74, 6) is -0.452. The van der Waals surface area contributed by atoms with E-state index in [4.69, 9.17) is 10.7 Å². The number of carbonyl (C=O) groups excluding carboxylic acids is 2. The molecule has 0 unspecified atom stereocenters. The number of fused-ring (bicyclic) bond motifs is 2. The summed E-state index contributed by atoms with van der Waals surface area (Å²) in [6, 6.07) is 11.9. The van der Waals surface area contributed by atoms with Crippen molar-refractivity contribution in [1.82, 2.24) is 15.2 Å². The molecule has 8 nitrogen and oxygen atoms in total. The molecule has 186 valence electrons. The maximum Gasteiger partial charge on any atom is 0.269 e. The van der Waals surface area contributed by atoms with Gasteiger partial charge >= 0.3 is 0 Å². The van der Waals surface area contributed by atoms with Gasteiger partial charge in [0, 0.05) is 30.1 Å². The zero-order valence-electron chi connectivity index (χ0n) is 20.1. The SMILES string of the molecule is CC(=O)N(CCCN)c1c(C(=O)Nc2nnc(-c3ccccc3)s2)sc2nc3c(cc12)CCCCC3. The van der Waals surface area contributed by atoms with Crippen LogP contribution in [0.15, 0.2) is 36.4 Å². The van der Waals surface area contributed by atoms with Gasteiger partial charge in [0.25, 0.3) is 5.91 Å². The number of amides is 2. The molecule has 10 heteroatoms. The van der Waals surface area contributed by atoms with E-state index < -0.39 is 0 Å². The van der Waals surface area contributed by atoms with Crippen LogP contribution in [0.25, 0.3) is 20.8 Å². The molecule has 5 rings (SSSR count). The summed E-state index contributed by atoms with van der Waals surface area (Å²) in [6.07, 6.45) is 5.97. The Labute approximate surface area is 217 Å². The predicted octanol–water partition coefficient (Wildman–Crippen LogP) is 5.04. The number of benzene rings is 1. The number of aromatic nitrogens is 3. The topological polar surface area (TPSA) is 114 Å². The van der Waals surface area contributed by atoms with E-state index in [-0.39, 0.29) is 11.8 Å².